The Morgan fingerprint density at radius 1 is 0.943 bits per heavy atom. The van der Waals surface area contributed by atoms with E-state index in [0.717, 1.165) is 44.8 Å². The van der Waals surface area contributed by atoms with Crippen molar-refractivity contribution >= 4 is 11.6 Å². The third-order valence-corrected chi connectivity index (χ3v) is 7.72. The number of rotatable bonds is 8. The lowest BCUT2D eigenvalue weighted by molar-refractivity contribution is 0.0773. The number of piperazine rings is 1. The number of hydrogen-bond acceptors (Lipinski definition) is 4. The number of carbonyl (C=O) groups excluding carboxylic acids is 1. The number of benzene rings is 2. The number of anilines is 1. The van der Waals surface area contributed by atoms with Gasteiger partial charge in [-0.2, -0.15) is 0 Å². The lowest BCUT2D eigenvalue weighted by Gasteiger charge is -2.36. The van der Waals surface area contributed by atoms with Crippen molar-refractivity contribution < 1.29 is 4.79 Å². The van der Waals surface area contributed by atoms with Gasteiger partial charge in [-0.25, -0.2) is 0 Å². The summed E-state index contributed by atoms with van der Waals surface area (Å²) in [4.78, 5) is 17.3. The van der Waals surface area contributed by atoms with Crippen molar-refractivity contribution in [3.8, 4) is 0 Å². The molecule has 1 saturated heterocycles. The molecule has 0 bridgehead atoms. The number of nitrogens with zero attached hydrogens (tertiary/aromatic N) is 2. The second-order valence-electron chi connectivity index (χ2n) is 10.1. The van der Waals surface area contributed by atoms with Gasteiger partial charge in [-0.15, -0.1) is 0 Å². The minimum atomic E-state index is 0.116. The molecular weight excluding hydrogens is 432 g/mol. The van der Waals surface area contributed by atoms with Gasteiger partial charge in [0.1, 0.15) is 0 Å². The second-order valence-corrected chi connectivity index (χ2v) is 10.1. The Bertz CT molecular complexity index is 910. The molecule has 0 radical (unpaired) electrons. The zero-order valence-electron chi connectivity index (χ0n) is 21.8. The van der Waals surface area contributed by atoms with Gasteiger partial charge in [0.2, 0.25) is 0 Å². The summed E-state index contributed by atoms with van der Waals surface area (Å²) in [6.45, 7) is 9.60. The molecule has 1 amide bonds. The largest absolute Gasteiger partial charge is 0.382 e. The topological polar surface area (TPSA) is 47.6 Å². The molecule has 1 saturated carbocycles. The quantitative estimate of drug-likeness (QED) is 0.514. The maximum absolute atomic E-state index is 12.8. The average Bonchev–Trinajstić information content (AvgIpc) is 2.88. The van der Waals surface area contributed by atoms with Gasteiger partial charge in [-0.3, -0.25) is 9.69 Å². The van der Waals surface area contributed by atoms with E-state index >= 15 is 0 Å². The zero-order valence-corrected chi connectivity index (χ0v) is 21.8. The van der Waals surface area contributed by atoms with Crippen molar-refractivity contribution in [1.82, 2.24) is 15.1 Å². The van der Waals surface area contributed by atoms with Crippen LogP contribution >= 0.6 is 0 Å². The van der Waals surface area contributed by atoms with Crippen molar-refractivity contribution in [1.29, 1.82) is 0 Å². The van der Waals surface area contributed by atoms with E-state index in [0.29, 0.717) is 6.04 Å². The van der Waals surface area contributed by atoms with Crippen LogP contribution in [0.25, 0.3) is 0 Å². The number of nitrogens with one attached hydrogen (secondary N) is 2. The summed E-state index contributed by atoms with van der Waals surface area (Å²) in [5.41, 5.74) is 4.59. The molecule has 1 heterocycles. The van der Waals surface area contributed by atoms with Crippen molar-refractivity contribution in [3.63, 3.8) is 0 Å². The second kappa shape index (κ2) is 13.1. The summed E-state index contributed by atoms with van der Waals surface area (Å²) >= 11 is 0. The van der Waals surface area contributed by atoms with Crippen LogP contribution in [0, 0.1) is 0 Å². The Morgan fingerprint density at radius 2 is 1.60 bits per heavy atom. The number of carbonyl (C=O) groups is 1. The summed E-state index contributed by atoms with van der Waals surface area (Å²) in [5, 5.41) is 7.36. The lowest BCUT2D eigenvalue weighted by Crippen LogP contribution is -2.45. The molecule has 35 heavy (non-hydrogen) atoms. The van der Waals surface area contributed by atoms with Gasteiger partial charge in [-0.05, 0) is 62.1 Å². The minimum Gasteiger partial charge on any atom is -0.382 e. The summed E-state index contributed by atoms with van der Waals surface area (Å²) in [6.07, 6.45) is 9.35. The molecule has 2 aromatic rings. The molecule has 190 valence electrons. The summed E-state index contributed by atoms with van der Waals surface area (Å²) in [5.74, 6) is 0.116. The van der Waals surface area contributed by atoms with Crippen LogP contribution in [-0.2, 0) is 0 Å². The van der Waals surface area contributed by atoms with Crippen LogP contribution in [0.2, 0.25) is 0 Å². The van der Waals surface area contributed by atoms with Crippen LogP contribution in [0.5, 0.6) is 0 Å². The Balaban J connectivity index is 1.57. The molecule has 2 N–H and O–H groups in total. The Kier molecular flexibility index (Phi) is 9.61. The van der Waals surface area contributed by atoms with E-state index in [1.54, 1.807) is 0 Å². The first-order valence-electron chi connectivity index (χ1n) is 13.9. The molecule has 1 aliphatic heterocycles. The normalized spacial score (nSPS) is 18.9. The third-order valence-electron chi connectivity index (χ3n) is 7.72. The molecule has 0 spiro atoms. The number of amides is 1. The molecule has 2 aliphatic rings. The predicted molar refractivity (Wildman–Crippen MR) is 146 cm³/mol. The molecule has 0 unspecified atom stereocenters. The fourth-order valence-electron chi connectivity index (χ4n) is 5.69. The average molecular weight is 477 g/mol. The van der Waals surface area contributed by atoms with E-state index in [1.807, 2.05) is 30.9 Å². The molecule has 0 aromatic heterocycles. The first kappa shape index (κ1) is 25.7. The minimum absolute atomic E-state index is 0.116. The molecule has 2 fully saturated rings. The molecule has 2 aromatic carbocycles. The zero-order chi connectivity index (χ0) is 24.5. The summed E-state index contributed by atoms with van der Waals surface area (Å²) in [7, 11) is 0. The molecule has 5 nitrogen and oxygen atoms in total. The van der Waals surface area contributed by atoms with Crippen LogP contribution < -0.4 is 10.6 Å². The molecule has 1 aliphatic carbocycles. The molecule has 1 atom stereocenters. The highest BCUT2D eigenvalue weighted by Crippen LogP contribution is 2.31. The van der Waals surface area contributed by atoms with Gasteiger partial charge in [0.25, 0.3) is 5.91 Å². The first-order valence-corrected chi connectivity index (χ1v) is 13.9. The van der Waals surface area contributed by atoms with Gasteiger partial charge < -0.3 is 15.5 Å². The molecular formula is C30H44N4O. The highest BCUT2D eigenvalue weighted by atomic mass is 16.2. The van der Waals surface area contributed by atoms with E-state index in [-0.39, 0.29) is 11.9 Å². The van der Waals surface area contributed by atoms with Crippen molar-refractivity contribution in [3.05, 3.63) is 65.2 Å². The lowest BCUT2D eigenvalue weighted by atomic mass is 9.94. The van der Waals surface area contributed by atoms with E-state index in [9.17, 15) is 4.79 Å². The van der Waals surface area contributed by atoms with E-state index in [2.05, 4.69) is 51.9 Å². The van der Waals surface area contributed by atoms with Crippen molar-refractivity contribution in [2.24, 2.45) is 0 Å². The van der Waals surface area contributed by atoms with Crippen molar-refractivity contribution in [2.45, 2.75) is 70.9 Å². The molecule has 5 heteroatoms. The van der Waals surface area contributed by atoms with Crippen LogP contribution in [-0.4, -0.2) is 61.0 Å². The Morgan fingerprint density at radius 3 is 2.26 bits per heavy atom. The predicted octanol–water partition coefficient (Wildman–Crippen LogP) is 5.69. The SMILES string of the molecule is CCN(CC)C(=O)c1ccc([C@H](c2cccc(NC3CCCCCCC3)c2)N2CCNCC2)cc1. The van der Waals surface area contributed by atoms with Gasteiger partial charge in [0, 0.05) is 56.6 Å². The maximum Gasteiger partial charge on any atom is 0.253 e. The van der Waals surface area contributed by atoms with E-state index in [4.69, 9.17) is 0 Å². The highest BCUT2D eigenvalue weighted by molar-refractivity contribution is 5.94. The van der Waals surface area contributed by atoms with Crippen molar-refractivity contribution in [2.75, 3.05) is 44.6 Å². The Hall–Kier alpha value is -2.37. The van der Waals surface area contributed by atoms with Crippen LogP contribution in [0.15, 0.2) is 48.5 Å². The van der Waals surface area contributed by atoms with Gasteiger partial charge in [0.15, 0.2) is 0 Å². The smallest absolute Gasteiger partial charge is 0.253 e. The highest BCUT2D eigenvalue weighted by Gasteiger charge is 2.25. The van der Waals surface area contributed by atoms with Crippen LogP contribution in [0.1, 0.15) is 86.3 Å². The summed E-state index contributed by atoms with van der Waals surface area (Å²) < 4.78 is 0. The molecule has 4 rings (SSSR count). The van der Waals surface area contributed by atoms with Crippen LogP contribution in [0.4, 0.5) is 5.69 Å². The standard InChI is InChI=1S/C30H44N4O/c1-3-33(4-2)30(35)25-17-15-24(16-18-25)29(34-21-19-31-20-22-34)26-11-10-14-28(23-26)32-27-12-8-6-5-7-9-13-27/h10-11,14-18,23,27,29,31-32H,3-9,12-13,19-22H2,1-2H3/t29-/m1/s1. The van der Waals surface area contributed by atoms with E-state index in [1.165, 1.54) is 61.8 Å². The van der Waals surface area contributed by atoms with E-state index < -0.39 is 0 Å². The third kappa shape index (κ3) is 6.86. The van der Waals surface area contributed by atoms with Gasteiger partial charge in [-0.1, -0.05) is 56.4 Å². The van der Waals surface area contributed by atoms with Crippen LogP contribution in [0.3, 0.4) is 0 Å². The van der Waals surface area contributed by atoms with Gasteiger partial charge in [0.05, 0.1) is 6.04 Å². The monoisotopic (exact) mass is 476 g/mol. The number of hydrogen-bond donors (Lipinski definition) is 2. The fourth-order valence-corrected chi connectivity index (χ4v) is 5.69. The maximum atomic E-state index is 12.8. The fraction of sp³-hybridized carbons (Fsp3) is 0.567. The summed E-state index contributed by atoms with van der Waals surface area (Å²) in [6, 6.07) is 18.2. The van der Waals surface area contributed by atoms with Gasteiger partial charge >= 0.3 is 0 Å². The Labute approximate surface area is 212 Å². The first-order chi connectivity index (χ1) is 17.2.